The molecule has 0 aromatic heterocycles. The summed E-state index contributed by atoms with van der Waals surface area (Å²) in [5, 5.41) is 17.3. The molecule has 2 aromatic rings. The summed E-state index contributed by atoms with van der Waals surface area (Å²) in [5.41, 5.74) is 6.32. The average molecular weight is 346 g/mol. The van der Waals surface area contributed by atoms with Gasteiger partial charge in [0.25, 0.3) is 10.1 Å². The first-order chi connectivity index (χ1) is 10.3. The van der Waals surface area contributed by atoms with Crippen molar-refractivity contribution in [2.75, 3.05) is 12.8 Å². The Kier molecular flexibility index (Phi) is 6.54. The van der Waals surface area contributed by atoms with Gasteiger partial charge in [-0.2, -0.15) is 8.42 Å². The zero-order valence-corrected chi connectivity index (χ0v) is 15.3. The van der Waals surface area contributed by atoms with Gasteiger partial charge >= 0.3 is 0 Å². The van der Waals surface area contributed by atoms with Crippen molar-refractivity contribution < 1.29 is 22.8 Å². The van der Waals surface area contributed by atoms with Crippen molar-refractivity contribution in [2.24, 2.45) is 10.2 Å². The maximum absolute atomic E-state index is 11.1. The summed E-state index contributed by atoms with van der Waals surface area (Å²) in [4.78, 5) is -0.400. The zero-order valence-electron chi connectivity index (χ0n) is 12.5. The largest absolute Gasteiger partial charge is 0.506 e. The second-order valence-corrected chi connectivity index (χ2v) is 5.68. The minimum absolute atomic E-state index is 0. The van der Waals surface area contributed by atoms with Gasteiger partial charge in [0.15, 0.2) is 0 Å². The van der Waals surface area contributed by atoms with Crippen molar-refractivity contribution in [3.05, 3.63) is 36.4 Å². The molecule has 0 aliphatic carbocycles. The van der Waals surface area contributed by atoms with E-state index in [9.17, 15) is 13.5 Å². The molecule has 0 aliphatic heterocycles. The number of phenolic OH excluding ortho intramolecular Hbond substituents is 1. The van der Waals surface area contributed by atoms with Crippen molar-refractivity contribution in [2.45, 2.75) is 4.90 Å². The predicted molar refractivity (Wildman–Crippen MR) is 85.3 cm³/mol. The van der Waals surface area contributed by atoms with E-state index in [4.69, 9.17) is 15.0 Å². The van der Waals surface area contributed by atoms with Crippen molar-refractivity contribution >= 4 is 56.7 Å². The molecule has 2 aromatic carbocycles. The number of hydrogen-bond acceptors (Lipinski definition) is 7. The Hall–Kier alpha value is -1.65. The van der Waals surface area contributed by atoms with Crippen LogP contribution in [0.3, 0.4) is 0 Å². The van der Waals surface area contributed by atoms with Crippen LogP contribution in [0.5, 0.6) is 11.5 Å². The van der Waals surface area contributed by atoms with Crippen LogP contribution in [0.1, 0.15) is 0 Å². The number of methoxy groups -OCH3 is 1. The van der Waals surface area contributed by atoms with E-state index in [0.717, 1.165) is 18.2 Å². The summed E-state index contributed by atoms with van der Waals surface area (Å²) in [6.45, 7) is 0. The minimum Gasteiger partial charge on any atom is -0.506 e. The average Bonchev–Trinajstić information content (AvgIpc) is 2.46. The van der Waals surface area contributed by atoms with Gasteiger partial charge < -0.3 is 15.6 Å². The number of nitrogens with two attached hydrogens (primary N) is 1. The molecule has 117 valence electrons. The molecule has 0 saturated carbocycles. The minimum atomic E-state index is -4.40. The van der Waals surface area contributed by atoms with Crippen LogP contribution in [0, 0.1) is 0 Å². The summed E-state index contributed by atoms with van der Waals surface area (Å²) in [6, 6.07) is 7.83. The summed E-state index contributed by atoms with van der Waals surface area (Å²) in [7, 11) is -2.96. The van der Waals surface area contributed by atoms with Crippen molar-refractivity contribution in [3.8, 4) is 11.5 Å². The summed E-state index contributed by atoms with van der Waals surface area (Å²) in [5.74, 6) is 0.0831. The number of aromatic hydroxyl groups is 1. The van der Waals surface area contributed by atoms with Gasteiger partial charge in [-0.1, -0.05) is 0 Å². The zero-order chi connectivity index (χ0) is 16.3. The molecule has 0 heterocycles. The third-order valence-corrected chi connectivity index (χ3v) is 3.56. The van der Waals surface area contributed by atoms with Crippen LogP contribution in [-0.2, 0) is 10.1 Å². The van der Waals surface area contributed by atoms with Gasteiger partial charge in [0, 0.05) is 41.3 Å². The molecule has 23 heavy (non-hydrogen) atoms. The Morgan fingerprint density at radius 1 is 1.09 bits per heavy atom. The quantitative estimate of drug-likeness (QED) is 0.336. The van der Waals surface area contributed by atoms with E-state index in [1.165, 1.54) is 7.11 Å². The van der Waals surface area contributed by atoms with Gasteiger partial charge in [-0.25, -0.2) is 0 Å². The van der Waals surface area contributed by atoms with Gasteiger partial charge in [0.05, 0.1) is 12.0 Å². The molecule has 1 radical (unpaired) electrons. The van der Waals surface area contributed by atoms with Crippen LogP contribution in [0.2, 0.25) is 0 Å². The fourth-order valence-electron chi connectivity index (χ4n) is 1.63. The van der Waals surface area contributed by atoms with E-state index in [0.29, 0.717) is 17.1 Å². The smallest absolute Gasteiger partial charge is 0.294 e. The third kappa shape index (κ3) is 4.91. The maximum Gasteiger partial charge on any atom is 0.294 e. The topological polar surface area (TPSA) is 135 Å². The molecule has 4 N–H and O–H groups in total. The molecule has 0 aliphatic rings. The first-order valence-corrected chi connectivity index (χ1v) is 7.41. The molecule has 0 saturated heterocycles. The van der Waals surface area contributed by atoms with Crippen LogP contribution < -0.4 is 10.5 Å². The number of nitrogen functional groups attached to an aromatic ring is 1. The van der Waals surface area contributed by atoms with Gasteiger partial charge in [-0.15, -0.1) is 10.2 Å². The van der Waals surface area contributed by atoms with Crippen molar-refractivity contribution in [3.63, 3.8) is 0 Å². The molecule has 0 unspecified atom stereocenters. The first-order valence-electron chi connectivity index (χ1n) is 5.97. The Morgan fingerprint density at radius 3 is 2.35 bits per heavy atom. The van der Waals surface area contributed by atoms with E-state index in [2.05, 4.69) is 10.2 Å². The summed E-state index contributed by atoms with van der Waals surface area (Å²) >= 11 is 0. The SMILES string of the molecule is COc1cc(N)ccc1N=Nc1cc(S(=O)(=O)O)ccc1O.[Na]. The van der Waals surface area contributed by atoms with Crippen LogP contribution in [0.25, 0.3) is 0 Å². The van der Waals surface area contributed by atoms with E-state index in [1.807, 2.05) is 0 Å². The Bertz CT molecular complexity index is 839. The number of benzene rings is 2. The Balaban J connectivity index is 0.00000264. The van der Waals surface area contributed by atoms with Crippen molar-refractivity contribution in [1.82, 2.24) is 0 Å². The molecule has 8 nitrogen and oxygen atoms in total. The molecular weight excluding hydrogens is 333 g/mol. The van der Waals surface area contributed by atoms with Gasteiger partial charge in [0.1, 0.15) is 22.9 Å². The molecule has 10 heteroatoms. The molecule has 0 bridgehead atoms. The number of azo groups is 1. The Labute approximate surface area is 155 Å². The number of hydrogen-bond donors (Lipinski definition) is 3. The Morgan fingerprint density at radius 2 is 1.74 bits per heavy atom. The maximum atomic E-state index is 11.1. The number of nitrogens with zero attached hydrogens (tertiary/aromatic N) is 2. The second kappa shape index (κ2) is 7.75. The van der Waals surface area contributed by atoms with E-state index < -0.39 is 15.0 Å². The number of ether oxygens (including phenoxy) is 1. The standard InChI is InChI=1S/C13H13N3O5S.Na/c1-21-13-6-8(14)2-4-10(13)15-16-11-7-9(22(18,19)20)3-5-12(11)17;/h2-7,17H,14H2,1H3,(H,18,19,20);. The molecule has 0 atom stereocenters. The van der Waals surface area contributed by atoms with Gasteiger partial charge in [0.2, 0.25) is 0 Å². The van der Waals surface area contributed by atoms with Crippen LogP contribution in [0.15, 0.2) is 51.5 Å². The molecule has 2 rings (SSSR count). The molecular formula is C13H13N3NaO5S. The van der Waals surface area contributed by atoms with E-state index >= 15 is 0 Å². The van der Waals surface area contributed by atoms with Gasteiger partial charge in [-0.05, 0) is 30.3 Å². The monoisotopic (exact) mass is 346 g/mol. The number of phenols is 1. The van der Waals surface area contributed by atoms with Gasteiger partial charge in [-0.3, -0.25) is 4.55 Å². The summed E-state index contributed by atoms with van der Waals surface area (Å²) in [6.07, 6.45) is 0. The van der Waals surface area contributed by atoms with Crippen LogP contribution in [-0.4, -0.2) is 54.7 Å². The van der Waals surface area contributed by atoms with Crippen LogP contribution >= 0.6 is 0 Å². The first kappa shape index (κ1) is 19.4. The third-order valence-electron chi connectivity index (χ3n) is 2.71. The summed E-state index contributed by atoms with van der Waals surface area (Å²) < 4.78 is 36.2. The fraction of sp³-hybridized carbons (Fsp3) is 0.0769. The fourth-order valence-corrected chi connectivity index (χ4v) is 2.13. The molecule has 0 fully saturated rings. The number of anilines is 1. The van der Waals surface area contributed by atoms with E-state index in [-0.39, 0.29) is 41.0 Å². The second-order valence-electron chi connectivity index (χ2n) is 4.26. The normalized spacial score (nSPS) is 11.2. The molecule has 0 amide bonds. The number of rotatable bonds is 4. The predicted octanol–water partition coefficient (Wildman–Crippen LogP) is 2.26. The van der Waals surface area contributed by atoms with Crippen LogP contribution in [0.4, 0.5) is 17.1 Å². The van der Waals surface area contributed by atoms with Crippen molar-refractivity contribution in [1.29, 1.82) is 0 Å². The molecule has 0 spiro atoms. The van der Waals surface area contributed by atoms with E-state index in [1.54, 1.807) is 18.2 Å².